The van der Waals surface area contributed by atoms with Crippen molar-refractivity contribution in [3.05, 3.63) is 42.2 Å². The van der Waals surface area contributed by atoms with Crippen LogP contribution in [0, 0.1) is 5.92 Å². The molecule has 2 aromatic rings. The first-order chi connectivity index (χ1) is 13.5. The predicted molar refractivity (Wildman–Crippen MR) is 109 cm³/mol. The van der Waals surface area contributed by atoms with Gasteiger partial charge in [-0.1, -0.05) is 38.1 Å². The van der Waals surface area contributed by atoms with Crippen molar-refractivity contribution < 1.29 is 14.3 Å². The van der Waals surface area contributed by atoms with Crippen molar-refractivity contribution in [1.29, 1.82) is 0 Å². The summed E-state index contributed by atoms with van der Waals surface area (Å²) < 4.78 is 5.33. The lowest BCUT2D eigenvalue weighted by molar-refractivity contribution is -0.132. The van der Waals surface area contributed by atoms with Gasteiger partial charge in [0, 0.05) is 44.0 Å². The first kappa shape index (κ1) is 20.3. The van der Waals surface area contributed by atoms with Crippen LogP contribution in [0.1, 0.15) is 43.5 Å². The Morgan fingerprint density at radius 1 is 1.29 bits per heavy atom. The average Bonchev–Trinajstić information content (AvgIpc) is 3.17. The number of methoxy groups -OCH3 is 1. The first-order valence-electron chi connectivity index (χ1n) is 9.95. The van der Waals surface area contributed by atoms with Crippen LogP contribution in [-0.4, -0.2) is 54.0 Å². The molecule has 6 nitrogen and oxygen atoms in total. The van der Waals surface area contributed by atoms with Gasteiger partial charge in [0.15, 0.2) is 0 Å². The number of aromatic nitrogens is 1. The van der Waals surface area contributed by atoms with Gasteiger partial charge in [0.25, 0.3) is 5.91 Å². The van der Waals surface area contributed by atoms with Crippen LogP contribution >= 0.6 is 0 Å². The number of nitrogens with zero attached hydrogens (tertiary/aromatic N) is 2. The van der Waals surface area contributed by atoms with Crippen molar-refractivity contribution in [2.75, 3.05) is 20.2 Å². The Morgan fingerprint density at radius 3 is 2.82 bits per heavy atom. The van der Waals surface area contributed by atoms with Gasteiger partial charge in [0.1, 0.15) is 6.10 Å². The second kappa shape index (κ2) is 9.15. The van der Waals surface area contributed by atoms with E-state index in [2.05, 4.69) is 24.1 Å². The monoisotopic (exact) mass is 383 g/mol. The molecule has 1 aromatic carbocycles. The van der Waals surface area contributed by atoms with Gasteiger partial charge in [-0.3, -0.25) is 14.6 Å². The molecule has 1 aromatic heterocycles. The van der Waals surface area contributed by atoms with Gasteiger partial charge in [-0.2, -0.15) is 0 Å². The highest BCUT2D eigenvalue weighted by atomic mass is 16.5. The van der Waals surface area contributed by atoms with Crippen LogP contribution in [0.5, 0.6) is 0 Å². The first-order valence-corrected chi connectivity index (χ1v) is 9.95. The second-order valence-electron chi connectivity index (χ2n) is 7.80. The maximum Gasteiger partial charge on any atom is 0.256 e. The zero-order valence-corrected chi connectivity index (χ0v) is 16.9. The molecule has 1 aliphatic rings. The van der Waals surface area contributed by atoms with E-state index in [1.165, 1.54) is 0 Å². The average molecular weight is 383 g/mol. The number of carbonyl (C=O) groups excluding carboxylic acids is 2. The number of benzene rings is 1. The number of carbonyl (C=O) groups is 2. The molecule has 150 valence electrons. The molecule has 0 saturated carbocycles. The van der Waals surface area contributed by atoms with E-state index in [1.807, 2.05) is 29.2 Å². The molecule has 1 saturated heterocycles. The van der Waals surface area contributed by atoms with Crippen LogP contribution in [0.4, 0.5) is 0 Å². The molecule has 2 atom stereocenters. The van der Waals surface area contributed by atoms with Crippen molar-refractivity contribution in [2.24, 2.45) is 5.92 Å². The Kier molecular flexibility index (Phi) is 6.62. The highest BCUT2D eigenvalue weighted by Crippen LogP contribution is 2.24. The van der Waals surface area contributed by atoms with Gasteiger partial charge in [-0.05, 0) is 30.6 Å². The van der Waals surface area contributed by atoms with Gasteiger partial charge in [0.05, 0.1) is 5.56 Å². The lowest BCUT2D eigenvalue weighted by Crippen LogP contribution is -2.46. The summed E-state index contributed by atoms with van der Waals surface area (Å²) in [6, 6.07) is 7.77. The Balaban J connectivity index is 1.69. The van der Waals surface area contributed by atoms with Crippen LogP contribution in [0.15, 0.2) is 36.7 Å². The van der Waals surface area contributed by atoms with Gasteiger partial charge >= 0.3 is 0 Å². The molecule has 2 amide bonds. The van der Waals surface area contributed by atoms with Crippen LogP contribution in [0.2, 0.25) is 0 Å². The number of nitrogens with one attached hydrogen (secondary N) is 1. The maximum atomic E-state index is 13.2. The van der Waals surface area contributed by atoms with Crippen LogP contribution in [0.25, 0.3) is 10.8 Å². The third-order valence-electron chi connectivity index (χ3n) is 5.31. The lowest BCUT2D eigenvalue weighted by Gasteiger charge is -2.26. The molecule has 2 heterocycles. The Bertz CT molecular complexity index is 831. The summed E-state index contributed by atoms with van der Waals surface area (Å²) in [5.74, 6) is 0.243. The highest BCUT2D eigenvalue weighted by molar-refractivity contribution is 6.06. The maximum absolute atomic E-state index is 13.2. The number of fused-ring (bicyclic) bond motifs is 1. The Morgan fingerprint density at radius 2 is 2.07 bits per heavy atom. The largest absolute Gasteiger partial charge is 0.372 e. The molecule has 1 N–H and O–H groups in total. The van der Waals surface area contributed by atoms with Gasteiger partial charge < -0.3 is 15.0 Å². The minimum absolute atomic E-state index is 0.00743. The molecule has 28 heavy (non-hydrogen) atoms. The molecule has 0 bridgehead atoms. The third kappa shape index (κ3) is 4.50. The standard InChI is InChI=1S/C22H29N3O3/c1-15(2)11-20(28-3)21(26)24-13-17-8-6-10-25(17)22(27)19-14-23-12-16-7-4-5-9-18(16)19/h4-5,7,9,12,14-15,17,20H,6,8,10-11,13H2,1-3H3,(H,24,26)/t17-,20?/m1/s1. The predicted octanol–water partition coefficient (Wildman–Crippen LogP) is 3.02. The van der Waals surface area contributed by atoms with E-state index in [0.29, 0.717) is 31.0 Å². The van der Waals surface area contributed by atoms with E-state index in [4.69, 9.17) is 4.74 Å². The van der Waals surface area contributed by atoms with Crippen molar-refractivity contribution in [1.82, 2.24) is 15.2 Å². The Labute approximate surface area is 166 Å². The number of amides is 2. The van der Waals surface area contributed by atoms with Crippen LogP contribution in [0.3, 0.4) is 0 Å². The van der Waals surface area contributed by atoms with Crippen molar-refractivity contribution >= 4 is 22.6 Å². The minimum Gasteiger partial charge on any atom is -0.372 e. The Hall–Kier alpha value is -2.47. The van der Waals surface area contributed by atoms with Crippen molar-refractivity contribution in [3.63, 3.8) is 0 Å². The molecule has 1 fully saturated rings. The van der Waals surface area contributed by atoms with E-state index >= 15 is 0 Å². The van der Waals surface area contributed by atoms with Crippen LogP contribution in [-0.2, 0) is 9.53 Å². The molecule has 0 spiro atoms. The number of hydrogen-bond acceptors (Lipinski definition) is 4. The normalized spacial score (nSPS) is 17.9. The fourth-order valence-electron chi connectivity index (χ4n) is 3.83. The fourth-order valence-corrected chi connectivity index (χ4v) is 3.83. The number of likely N-dealkylation sites (tertiary alicyclic amines) is 1. The summed E-state index contributed by atoms with van der Waals surface area (Å²) in [4.78, 5) is 31.7. The summed E-state index contributed by atoms with van der Waals surface area (Å²) in [6.07, 6.45) is 5.45. The zero-order chi connectivity index (χ0) is 20.1. The number of rotatable bonds is 7. The third-order valence-corrected chi connectivity index (χ3v) is 5.31. The van der Waals surface area contributed by atoms with E-state index in [0.717, 1.165) is 23.6 Å². The minimum atomic E-state index is -0.451. The fraction of sp³-hybridized carbons (Fsp3) is 0.500. The summed E-state index contributed by atoms with van der Waals surface area (Å²) in [6.45, 7) is 5.27. The second-order valence-corrected chi connectivity index (χ2v) is 7.80. The summed E-state index contributed by atoms with van der Waals surface area (Å²) in [5, 5.41) is 4.84. The van der Waals surface area contributed by atoms with Gasteiger partial charge in [-0.15, -0.1) is 0 Å². The SMILES string of the molecule is COC(CC(C)C)C(=O)NC[C@H]1CCCN1C(=O)c1cncc2ccccc12. The smallest absolute Gasteiger partial charge is 0.256 e. The zero-order valence-electron chi connectivity index (χ0n) is 16.9. The van der Waals surface area contributed by atoms with E-state index in [-0.39, 0.29) is 17.9 Å². The quantitative estimate of drug-likeness (QED) is 0.798. The number of ether oxygens (including phenoxy) is 1. The van der Waals surface area contributed by atoms with Crippen LogP contribution < -0.4 is 5.32 Å². The number of hydrogen-bond donors (Lipinski definition) is 1. The summed E-state index contributed by atoms with van der Waals surface area (Å²) in [7, 11) is 1.56. The van der Waals surface area contributed by atoms with E-state index in [9.17, 15) is 9.59 Å². The molecular formula is C22H29N3O3. The van der Waals surface area contributed by atoms with E-state index in [1.54, 1.807) is 19.5 Å². The summed E-state index contributed by atoms with van der Waals surface area (Å²) >= 11 is 0. The molecule has 3 rings (SSSR count). The van der Waals surface area contributed by atoms with Crippen molar-refractivity contribution in [3.8, 4) is 0 Å². The topological polar surface area (TPSA) is 71.5 Å². The molecular weight excluding hydrogens is 354 g/mol. The molecule has 0 aliphatic carbocycles. The van der Waals surface area contributed by atoms with E-state index < -0.39 is 6.10 Å². The van der Waals surface area contributed by atoms with Gasteiger partial charge in [-0.25, -0.2) is 0 Å². The highest BCUT2D eigenvalue weighted by Gasteiger charge is 2.31. The molecule has 1 aliphatic heterocycles. The van der Waals surface area contributed by atoms with Crippen molar-refractivity contribution in [2.45, 2.75) is 45.3 Å². The molecule has 1 unspecified atom stereocenters. The number of pyridine rings is 1. The lowest BCUT2D eigenvalue weighted by atomic mass is 10.1. The molecule has 0 radical (unpaired) electrons. The summed E-state index contributed by atoms with van der Waals surface area (Å²) in [5.41, 5.74) is 0.617. The van der Waals surface area contributed by atoms with Gasteiger partial charge in [0.2, 0.25) is 5.91 Å². The molecule has 6 heteroatoms.